The summed E-state index contributed by atoms with van der Waals surface area (Å²) in [4.78, 5) is 10.8. The van der Waals surface area contributed by atoms with Crippen LogP contribution in [0.4, 0.5) is 0 Å². The van der Waals surface area contributed by atoms with Gasteiger partial charge in [-0.2, -0.15) is 0 Å². The topological polar surface area (TPSA) is 59.7 Å². The maximum atomic E-state index is 10.8. The smallest absolute Gasteiger partial charge is 0.339 e. The van der Waals surface area contributed by atoms with Crippen LogP contribution >= 0.6 is 0 Å². The molecule has 0 fully saturated rings. The highest BCUT2D eigenvalue weighted by atomic mass is 16.5. The van der Waals surface area contributed by atoms with E-state index in [1.807, 2.05) is 0 Å². The standard InChI is InChI=1S/C8H10O4/c1-5-6(4-9)7(11-2)3-8(10)12-5/h3,9H,4H2,1-2H3. The lowest BCUT2D eigenvalue weighted by Crippen LogP contribution is -2.04. The molecule has 1 aromatic rings. The highest BCUT2D eigenvalue weighted by Crippen LogP contribution is 2.18. The summed E-state index contributed by atoms with van der Waals surface area (Å²) in [7, 11) is 1.44. The van der Waals surface area contributed by atoms with Gasteiger partial charge < -0.3 is 14.3 Å². The molecule has 0 bridgehead atoms. The van der Waals surface area contributed by atoms with E-state index in [-0.39, 0.29) is 6.61 Å². The van der Waals surface area contributed by atoms with Crippen molar-refractivity contribution in [1.82, 2.24) is 0 Å². The van der Waals surface area contributed by atoms with Gasteiger partial charge in [-0.1, -0.05) is 0 Å². The fourth-order valence-corrected chi connectivity index (χ4v) is 0.981. The van der Waals surface area contributed by atoms with E-state index in [0.29, 0.717) is 17.1 Å². The van der Waals surface area contributed by atoms with E-state index < -0.39 is 5.63 Å². The van der Waals surface area contributed by atoms with Crippen LogP contribution < -0.4 is 10.4 Å². The van der Waals surface area contributed by atoms with Crippen LogP contribution in [-0.2, 0) is 6.61 Å². The Kier molecular flexibility index (Phi) is 2.50. The molecule has 0 atom stereocenters. The van der Waals surface area contributed by atoms with Crippen molar-refractivity contribution < 1.29 is 14.3 Å². The third-order valence-corrected chi connectivity index (χ3v) is 1.60. The highest BCUT2D eigenvalue weighted by Gasteiger charge is 2.08. The Morgan fingerprint density at radius 2 is 2.33 bits per heavy atom. The van der Waals surface area contributed by atoms with Crippen LogP contribution in [0.25, 0.3) is 0 Å². The van der Waals surface area contributed by atoms with Gasteiger partial charge >= 0.3 is 5.63 Å². The van der Waals surface area contributed by atoms with Crippen LogP contribution in [0.15, 0.2) is 15.3 Å². The van der Waals surface area contributed by atoms with Gasteiger partial charge in [0.15, 0.2) is 0 Å². The Morgan fingerprint density at radius 1 is 1.67 bits per heavy atom. The number of ether oxygens (including phenoxy) is 1. The van der Waals surface area contributed by atoms with Crippen molar-refractivity contribution in [1.29, 1.82) is 0 Å². The molecular weight excluding hydrogens is 160 g/mol. The molecule has 0 saturated carbocycles. The van der Waals surface area contributed by atoms with E-state index in [2.05, 4.69) is 0 Å². The predicted molar refractivity (Wildman–Crippen MR) is 42.2 cm³/mol. The zero-order valence-electron chi connectivity index (χ0n) is 6.96. The van der Waals surface area contributed by atoms with Crippen LogP contribution in [-0.4, -0.2) is 12.2 Å². The number of aliphatic hydroxyl groups is 1. The van der Waals surface area contributed by atoms with Crippen molar-refractivity contribution >= 4 is 0 Å². The lowest BCUT2D eigenvalue weighted by molar-refractivity contribution is 0.264. The molecule has 0 aromatic carbocycles. The summed E-state index contributed by atoms with van der Waals surface area (Å²) in [5.41, 5.74) is 0.0404. The molecule has 66 valence electrons. The van der Waals surface area contributed by atoms with E-state index in [9.17, 15) is 4.79 Å². The van der Waals surface area contributed by atoms with Crippen LogP contribution in [0.1, 0.15) is 11.3 Å². The van der Waals surface area contributed by atoms with Gasteiger partial charge in [0.1, 0.15) is 11.5 Å². The van der Waals surface area contributed by atoms with Crippen molar-refractivity contribution in [2.45, 2.75) is 13.5 Å². The molecule has 0 aliphatic heterocycles. The van der Waals surface area contributed by atoms with Crippen molar-refractivity contribution in [2.75, 3.05) is 7.11 Å². The highest BCUT2D eigenvalue weighted by molar-refractivity contribution is 5.32. The first-order chi connectivity index (χ1) is 5.69. The summed E-state index contributed by atoms with van der Waals surface area (Å²) in [6, 6.07) is 1.21. The summed E-state index contributed by atoms with van der Waals surface area (Å²) in [5, 5.41) is 8.88. The van der Waals surface area contributed by atoms with Crippen molar-refractivity contribution in [3.63, 3.8) is 0 Å². The molecular formula is C8H10O4. The van der Waals surface area contributed by atoms with Gasteiger partial charge in [0.25, 0.3) is 0 Å². The molecule has 0 aliphatic carbocycles. The van der Waals surface area contributed by atoms with Crippen molar-refractivity contribution in [2.24, 2.45) is 0 Å². The Balaban J connectivity index is 3.33. The number of hydrogen-bond acceptors (Lipinski definition) is 4. The first-order valence-corrected chi connectivity index (χ1v) is 3.47. The van der Waals surface area contributed by atoms with Crippen molar-refractivity contribution in [3.8, 4) is 5.75 Å². The molecule has 0 radical (unpaired) electrons. The minimum absolute atomic E-state index is 0.196. The summed E-state index contributed by atoms with van der Waals surface area (Å²) in [6.45, 7) is 1.41. The fraction of sp³-hybridized carbons (Fsp3) is 0.375. The SMILES string of the molecule is COc1cc(=O)oc(C)c1CO. The van der Waals surface area contributed by atoms with Gasteiger partial charge in [-0.25, -0.2) is 4.79 Å². The number of methoxy groups -OCH3 is 1. The number of aliphatic hydroxyl groups excluding tert-OH is 1. The minimum atomic E-state index is -0.471. The Morgan fingerprint density at radius 3 is 2.83 bits per heavy atom. The summed E-state index contributed by atoms with van der Waals surface area (Å²) in [5.74, 6) is 0.758. The fourth-order valence-electron chi connectivity index (χ4n) is 0.981. The molecule has 1 heterocycles. The first-order valence-electron chi connectivity index (χ1n) is 3.47. The van der Waals surface area contributed by atoms with E-state index in [0.717, 1.165) is 0 Å². The molecule has 0 spiro atoms. The molecule has 0 amide bonds. The second kappa shape index (κ2) is 3.40. The summed E-state index contributed by atoms with van der Waals surface area (Å²) >= 11 is 0. The molecule has 1 N–H and O–H groups in total. The third-order valence-electron chi connectivity index (χ3n) is 1.60. The molecule has 4 heteroatoms. The van der Waals surface area contributed by atoms with Gasteiger partial charge in [0, 0.05) is 0 Å². The van der Waals surface area contributed by atoms with E-state index in [1.165, 1.54) is 13.2 Å². The van der Waals surface area contributed by atoms with E-state index in [4.69, 9.17) is 14.3 Å². The predicted octanol–water partition coefficient (Wildman–Crippen LogP) is 0.449. The van der Waals surface area contributed by atoms with Crippen LogP contribution in [0, 0.1) is 6.92 Å². The lowest BCUT2D eigenvalue weighted by Gasteiger charge is -2.05. The molecule has 4 nitrogen and oxygen atoms in total. The zero-order valence-corrected chi connectivity index (χ0v) is 6.96. The molecule has 1 aromatic heterocycles. The van der Waals surface area contributed by atoms with Crippen LogP contribution in [0.2, 0.25) is 0 Å². The maximum Gasteiger partial charge on any atom is 0.339 e. The normalized spacial score (nSPS) is 9.92. The third kappa shape index (κ3) is 1.48. The van der Waals surface area contributed by atoms with Gasteiger partial charge in [-0.15, -0.1) is 0 Å². The maximum absolute atomic E-state index is 10.8. The monoisotopic (exact) mass is 170 g/mol. The lowest BCUT2D eigenvalue weighted by atomic mass is 10.2. The summed E-state index contributed by atoms with van der Waals surface area (Å²) in [6.07, 6.45) is 0. The second-order valence-electron chi connectivity index (χ2n) is 2.33. The average Bonchev–Trinajstić information content (AvgIpc) is 2.03. The van der Waals surface area contributed by atoms with Gasteiger partial charge in [-0.05, 0) is 6.92 Å². The van der Waals surface area contributed by atoms with Gasteiger partial charge in [0.2, 0.25) is 0 Å². The van der Waals surface area contributed by atoms with Crippen molar-refractivity contribution in [3.05, 3.63) is 27.8 Å². The average molecular weight is 170 g/mol. The number of hydrogen-bond donors (Lipinski definition) is 1. The summed E-state index contributed by atoms with van der Waals surface area (Å²) < 4.78 is 9.62. The van der Waals surface area contributed by atoms with Crippen LogP contribution in [0.3, 0.4) is 0 Å². The van der Waals surface area contributed by atoms with E-state index in [1.54, 1.807) is 6.92 Å². The van der Waals surface area contributed by atoms with Gasteiger partial charge in [-0.3, -0.25) is 0 Å². The quantitative estimate of drug-likeness (QED) is 0.700. The largest absolute Gasteiger partial charge is 0.496 e. The van der Waals surface area contributed by atoms with Gasteiger partial charge in [0.05, 0.1) is 25.3 Å². The first kappa shape index (κ1) is 8.80. The van der Waals surface area contributed by atoms with E-state index >= 15 is 0 Å². The minimum Gasteiger partial charge on any atom is -0.496 e. The van der Waals surface area contributed by atoms with Crippen LogP contribution in [0.5, 0.6) is 5.75 Å². The molecule has 0 unspecified atom stereocenters. The second-order valence-corrected chi connectivity index (χ2v) is 2.33. The molecule has 0 aliphatic rings. The number of rotatable bonds is 2. The zero-order chi connectivity index (χ0) is 9.14. The Hall–Kier alpha value is -1.29. The molecule has 12 heavy (non-hydrogen) atoms. The molecule has 0 saturated heterocycles. The Bertz CT molecular complexity index is 326. The number of aryl methyl sites for hydroxylation is 1. The molecule has 1 rings (SSSR count). The Labute approximate surface area is 69.4 Å².